The molecule has 0 bridgehead atoms. The third-order valence-electron chi connectivity index (χ3n) is 3.60. The predicted octanol–water partition coefficient (Wildman–Crippen LogP) is 2.86. The van der Waals surface area contributed by atoms with Crippen molar-refractivity contribution in [2.24, 2.45) is 0 Å². The van der Waals surface area contributed by atoms with E-state index >= 15 is 0 Å². The number of aromatic nitrogens is 3. The lowest BCUT2D eigenvalue weighted by molar-refractivity contribution is -0.140. The van der Waals surface area contributed by atoms with Crippen molar-refractivity contribution >= 4 is 16.8 Å². The molecule has 0 unspecified atom stereocenters. The van der Waals surface area contributed by atoms with Gasteiger partial charge in [0.05, 0.1) is 17.4 Å². The van der Waals surface area contributed by atoms with Gasteiger partial charge < -0.3 is 5.32 Å². The third-order valence-corrected chi connectivity index (χ3v) is 3.60. The van der Waals surface area contributed by atoms with Crippen LogP contribution in [0.2, 0.25) is 0 Å². The van der Waals surface area contributed by atoms with Crippen LogP contribution in [-0.2, 0) is 12.7 Å². The Morgan fingerprint density at radius 2 is 1.92 bits per heavy atom. The Balaban J connectivity index is 1.97. The summed E-state index contributed by atoms with van der Waals surface area (Å²) >= 11 is 0. The molecule has 0 aliphatic carbocycles. The zero-order valence-electron chi connectivity index (χ0n) is 12.6. The number of nitrogens with zero attached hydrogens (tertiary/aromatic N) is 3. The van der Waals surface area contributed by atoms with Gasteiger partial charge in [0.25, 0.3) is 5.91 Å². The SMILES string of the molecule is CNC(=O)c1ccc(Cn2nc(C(F)(F)F)c3cnccc32)cc1. The molecule has 3 rings (SSSR count). The van der Waals surface area contributed by atoms with Crippen LogP contribution in [0.5, 0.6) is 0 Å². The molecule has 1 aromatic carbocycles. The highest BCUT2D eigenvalue weighted by Crippen LogP contribution is 2.33. The molecular formula is C16H13F3N4O. The van der Waals surface area contributed by atoms with Gasteiger partial charge in [0.1, 0.15) is 0 Å². The van der Waals surface area contributed by atoms with E-state index in [-0.39, 0.29) is 17.8 Å². The van der Waals surface area contributed by atoms with Crippen LogP contribution in [0, 0.1) is 0 Å². The van der Waals surface area contributed by atoms with Crippen LogP contribution in [0.25, 0.3) is 10.9 Å². The van der Waals surface area contributed by atoms with Gasteiger partial charge in [0.15, 0.2) is 5.69 Å². The first-order valence-corrected chi connectivity index (χ1v) is 7.09. The predicted molar refractivity (Wildman–Crippen MR) is 81.5 cm³/mol. The molecule has 0 aliphatic heterocycles. The number of halogens is 3. The van der Waals surface area contributed by atoms with Crippen LogP contribution in [0.4, 0.5) is 13.2 Å². The molecule has 0 atom stereocenters. The van der Waals surface area contributed by atoms with E-state index in [0.29, 0.717) is 11.1 Å². The molecule has 1 amide bonds. The maximum atomic E-state index is 13.1. The fraction of sp³-hybridized carbons (Fsp3) is 0.188. The Bertz CT molecular complexity index is 884. The fourth-order valence-electron chi connectivity index (χ4n) is 2.43. The average molecular weight is 334 g/mol. The van der Waals surface area contributed by atoms with Crippen LogP contribution in [0.1, 0.15) is 21.6 Å². The molecule has 2 aromatic heterocycles. The number of amides is 1. The molecule has 24 heavy (non-hydrogen) atoms. The summed E-state index contributed by atoms with van der Waals surface area (Å²) < 4.78 is 40.6. The zero-order valence-corrected chi connectivity index (χ0v) is 12.6. The summed E-state index contributed by atoms with van der Waals surface area (Å²) in [6.07, 6.45) is -1.96. The van der Waals surface area contributed by atoms with Crippen LogP contribution < -0.4 is 5.32 Å². The minimum absolute atomic E-state index is 0.0352. The Kier molecular flexibility index (Phi) is 3.96. The number of pyridine rings is 1. The van der Waals surface area contributed by atoms with Crippen molar-refractivity contribution in [2.75, 3.05) is 7.05 Å². The second kappa shape index (κ2) is 5.95. The lowest BCUT2D eigenvalue weighted by atomic mass is 10.1. The van der Waals surface area contributed by atoms with Gasteiger partial charge in [0, 0.05) is 25.0 Å². The topological polar surface area (TPSA) is 59.8 Å². The van der Waals surface area contributed by atoms with Crippen molar-refractivity contribution in [3.8, 4) is 0 Å². The number of nitrogens with one attached hydrogen (secondary N) is 1. The number of benzene rings is 1. The first-order chi connectivity index (χ1) is 11.4. The lowest BCUT2D eigenvalue weighted by Crippen LogP contribution is -2.17. The van der Waals surface area contributed by atoms with E-state index < -0.39 is 11.9 Å². The summed E-state index contributed by atoms with van der Waals surface area (Å²) in [5.41, 5.74) is 0.615. The molecule has 0 aliphatic rings. The molecule has 8 heteroatoms. The van der Waals surface area contributed by atoms with Gasteiger partial charge >= 0.3 is 6.18 Å². The number of carbonyl (C=O) groups is 1. The molecule has 5 nitrogen and oxygen atoms in total. The van der Waals surface area contributed by atoms with Crippen LogP contribution in [0.15, 0.2) is 42.7 Å². The van der Waals surface area contributed by atoms with Crippen molar-refractivity contribution in [3.63, 3.8) is 0 Å². The molecule has 0 fully saturated rings. The number of hydrogen-bond acceptors (Lipinski definition) is 3. The van der Waals surface area contributed by atoms with Gasteiger partial charge in [0.2, 0.25) is 0 Å². The normalized spacial score (nSPS) is 11.7. The van der Waals surface area contributed by atoms with Gasteiger partial charge in [-0.3, -0.25) is 14.5 Å². The van der Waals surface area contributed by atoms with Gasteiger partial charge in [-0.25, -0.2) is 0 Å². The van der Waals surface area contributed by atoms with Crippen molar-refractivity contribution in [3.05, 3.63) is 59.5 Å². The highest BCUT2D eigenvalue weighted by atomic mass is 19.4. The van der Waals surface area contributed by atoms with Gasteiger partial charge in [-0.15, -0.1) is 0 Å². The first-order valence-electron chi connectivity index (χ1n) is 7.09. The summed E-state index contributed by atoms with van der Waals surface area (Å²) in [5.74, 6) is -0.225. The highest BCUT2D eigenvalue weighted by Gasteiger charge is 2.36. The molecule has 1 N–H and O–H groups in total. The standard InChI is InChI=1S/C16H13F3N4O/c1-20-15(24)11-4-2-10(3-5-11)9-23-13-6-7-21-8-12(13)14(22-23)16(17,18)19/h2-8H,9H2,1H3,(H,20,24). The minimum Gasteiger partial charge on any atom is -0.355 e. The number of carbonyl (C=O) groups excluding carboxylic acids is 1. The van der Waals surface area contributed by atoms with E-state index in [1.165, 1.54) is 24.0 Å². The summed E-state index contributed by atoms with van der Waals surface area (Å²) in [6, 6.07) is 8.10. The molecule has 0 saturated heterocycles. The highest BCUT2D eigenvalue weighted by molar-refractivity contribution is 5.93. The minimum atomic E-state index is -4.55. The van der Waals surface area contributed by atoms with E-state index in [1.807, 2.05) is 0 Å². The largest absolute Gasteiger partial charge is 0.435 e. The Morgan fingerprint density at radius 1 is 1.21 bits per heavy atom. The molecule has 0 saturated carbocycles. The smallest absolute Gasteiger partial charge is 0.355 e. The summed E-state index contributed by atoms with van der Waals surface area (Å²) in [6.45, 7) is 0.157. The monoisotopic (exact) mass is 334 g/mol. The number of hydrogen-bond donors (Lipinski definition) is 1. The molecular weight excluding hydrogens is 321 g/mol. The average Bonchev–Trinajstić information content (AvgIpc) is 2.94. The Labute approximate surface area is 135 Å². The molecule has 0 spiro atoms. The van der Waals surface area contributed by atoms with E-state index in [1.54, 1.807) is 24.3 Å². The van der Waals surface area contributed by atoms with Crippen molar-refractivity contribution in [1.29, 1.82) is 0 Å². The van der Waals surface area contributed by atoms with Crippen molar-refractivity contribution in [2.45, 2.75) is 12.7 Å². The maximum Gasteiger partial charge on any atom is 0.435 e. The van der Waals surface area contributed by atoms with E-state index in [0.717, 1.165) is 11.8 Å². The molecule has 2 heterocycles. The van der Waals surface area contributed by atoms with Crippen LogP contribution in [-0.4, -0.2) is 27.7 Å². The third kappa shape index (κ3) is 2.94. The van der Waals surface area contributed by atoms with Crippen molar-refractivity contribution < 1.29 is 18.0 Å². The molecule has 3 aromatic rings. The van der Waals surface area contributed by atoms with Gasteiger partial charge in [-0.2, -0.15) is 18.3 Å². The summed E-state index contributed by atoms with van der Waals surface area (Å²) in [4.78, 5) is 15.3. The van der Waals surface area contributed by atoms with E-state index in [4.69, 9.17) is 0 Å². The fourth-order valence-corrected chi connectivity index (χ4v) is 2.43. The lowest BCUT2D eigenvalue weighted by Gasteiger charge is -2.05. The molecule has 124 valence electrons. The summed E-state index contributed by atoms with van der Waals surface area (Å²) in [5, 5.41) is 6.17. The number of fused-ring (bicyclic) bond motifs is 1. The maximum absolute atomic E-state index is 13.1. The zero-order chi connectivity index (χ0) is 17.3. The van der Waals surface area contributed by atoms with Crippen LogP contribution in [0.3, 0.4) is 0 Å². The second-order valence-electron chi connectivity index (χ2n) is 5.17. The van der Waals surface area contributed by atoms with Crippen molar-refractivity contribution in [1.82, 2.24) is 20.1 Å². The summed E-state index contributed by atoms with van der Waals surface area (Å²) in [7, 11) is 1.53. The van der Waals surface area contributed by atoms with Crippen LogP contribution >= 0.6 is 0 Å². The molecule has 0 radical (unpaired) electrons. The van der Waals surface area contributed by atoms with E-state index in [9.17, 15) is 18.0 Å². The Morgan fingerprint density at radius 3 is 2.54 bits per heavy atom. The van der Waals surface area contributed by atoms with Gasteiger partial charge in [-0.1, -0.05) is 12.1 Å². The van der Waals surface area contributed by atoms with Gasteiger partial charge in [-0.05, 0) is 23.8 Å². The first kappa shape index (κ1) is 16.0. The second-order valence-corrected chi connectivity index (χ2v) is 5.17. The number of alkyl halides is 3. The quantitative estimate of drug-likeness (QED) is 0.801. The van der Waals surface area contributed by atoms with E-state index in [2.05, 4.69) is 15.4 Å². The Hall–Kier alpha value is -2.90. The number of rotatable bonds is 3.